The third kappa shape index (κ3) is 9.45. The first-order valence-electron chi connectivity index (χ1n) is 8.99. The molecular weight excluding hydrogens is 268 g/mol. The van der Waals surface area contributed by atoms with Crippen molar-refractivity contribution in [1.82, 2.24) is 10.8 Å². The molecule has 0 aliphatic heterocycles. The zero-order valence-corrected chi connectivity index (χ0v) is 14.1. The maximum Gasteiger partial charge on any atom is 0.330 e. The van der Waals surface area contributed by atoms with Crippen molar-refractivity contribution in [2.24, 2.45) is 17.3 Å². The maximum atomic E-state index is 12.3. The molecule has 0 aliphatic rings. The lowest BCUT2D eigenvalue weighted by molar-refractivity contribution is -0.164. The number of rotatable bonds is 8. The van der Waals surface area contributed by atoms with Gasteiger partial charge in [0.15, 0.2) is 0 Å². The van der Waals surface area contributed by atoms with Crippen LogP contribution in [0.3, 0.4) is 0 Å². The molecule has 0 heterocycles. The van der Waals surface area contributed by atoms with Gasteiger partial charge >= 0.3 is 5.97 Å². The minimum absolute atomic E-state index is 0.0431. The van der Waals surface area contributed by atoms with Crippen LogP contribution in [0.4, 0.5) is 0 Å². The van der Waals surface area contributed by atoms with E-state index in [1.165, 1.54) is 0 Å². The van der Waals surface area contributed by atoms with Gasteiger partial charge in [-0.15, -0.1) is 5.48 Å². The molecule has 0 spiro atoms. The minimum atomic E-state index is -2.17. The number of carbonyl (C=O) groups excluding carboxylic acids is 2. The Balaban J connectivity index is 4.82. The van der Waals surface area contributed by atoms with Crippen LogP contribution >= 0.6 is 0 Å². The van der Waals surface area contributed by atoms with E-state index < -0.39 is 30.2 Å². The molecule has 124 valence electrons. The van der Waals surface area contributed by atoms with Gasteiger partial charge in [0.1, 0.15) is 6.04 Å². The quantitative estimate of drug-likeness (QED) is 0.677. The molecule has 5 nitrogen and oxygen atoms in total. The highest BCUT2D eigenvalue weighted by molar-refractivity contribution is 5.82. The second kappa shape index (κ2) is 9.03. The Morgan fingerprint density at radius 2 is 1.81 bits per heavy atom. The van der Waals surface area contributed by atoms with Gasteiger partial charge in [-0.2, -0.15) is 0 Å². The maximum absolute atomic E-state index is 12.3. The largest absolute Gasteiger partial charge is 0.369 e. The lowest BCUT2D eigenvalue weighted by Crippen LogP contribution is -2.47. The van der Waals surface area contributed by atoms with Gasteiger partial charge in [0.2, 0.25) is 5.91 Å². The van der Waals surface area contributed by atoms with Crippen LogP contribution in [0.15, 0.2) is 0 Å². The van der Waals surface area contributed by atoms with E-state index in [-0.39, 0.29) is 12.3 Å². The van der Waals surface area contributed by atoms with E-state index in [9.17, 15) is 9.59 Å². The SMILES string of the molecule is [2H]C([2H])([2H])C(C)C[C@H](NOC(=O)C(C)(C)C)C(=O)NCCC(C)C. The monoisotopic (exact) mass is 303 g/mol. The summed E-state index contributed by atoms with van der Waals surface area (Å²) in [5.74, 6) is -1.15. The number of hydrogen-bond donors (Lipinski definition) is 2. The first kappa shape index (κ1) is 14.8. The predicted molar refractivity (Wildman–Crippen MR) is 84.4 cm³/mol. The van der Waals surface area contributed by atoms with E-state index in [0.717, 1.165) is 6.42 Å². The van der Waals surface area contributed by atoms with Crippen molar-refractivity contribution in [2.45, 2.75) is 67.3 Å². The molecule has 0 saturated carbocycles. The zero-order valence-electron chi connectivity index (χ0n) is 17.1. The third-order valence-corrected chi connectivity index (χ3v) is 2.83. The molecule has 5 heteroatoms. The lowest BCUT2D eigenvalue weighted by Gasteiger charge is -2.22. The van der Waals surface area contributed by atoms with E-state index in [1.54, 1.807) is 27.7 Å². The Bertz CT molecular complexity index is 418. The molecule has 2 atom stereocenters. The number of carbonyl (C=O) groups is 2. The number of nitrogens with one attached hydrogen (secondary N) is 2. The molecule has 0 aromatic heterocycles. The molecule has 0 aromatic rings. The summed E-state index contributed by atoms with van der Waals surface area (Å²) in [5.41, 5.74) is 1.73. The van der Waals surface area contributed by atoms with Crippen molar-refractivity contribution in [3.63, 3.8) is 0 Å². The predicted octanol–water partition coefficient (Wildman–Crippen LogP) is 2.66. The van der Waals surface area contributed by atoms with Crippen molar-refractivity contribution in [3.8, 4) is 0 Å². The fourth-order valence-electron chi connectivity index (χ4n) is 1.45. The second-order valence-corrected chi connectivity index (χ2v) is 6.92. The highest BCUT2D eigenvalue weighted by Crippen LogP contribution is 2.15. The Labute approximate surface area is 133 Å². The van der Waals surface area contributed by atoms with E-state index in [4.69, 9.17) is 8.95 Å². The van der Waals surface area contributed by atoms with Crippen molar-refractivity contribution < 1.29 is 18.5 Å². The summed E-state index contributed by atoms with van der Waals surface area (Å²) in [6.07, 6.45) is 0.858. The van der Waals surface area contributed by atoms with Crippen LogP contribution in [-0.2, 0) is 14.4 Å². The van der Waals surface area contributed by atoms with Crippen LogP contribution in [0, 0.1) is 17.3 Å². The molecule has 0 rings (SSSR count). The highest BCUT2D eigenvalue weighted by atomic mass is 16.7. The van der Waals surface area contributed by atoms with Crippen molar-refractivity contribution in [2.75, 3.05) is 6.54 Å². The van der Waals surface area contributed by atoms with Crippen LogP contribution in [0.25, 0.3) is 0 Å². The molecular formula is C16H32N2O3. The van der Waals surface area contributed by atoms with Gasteiger partial charge in [-0.3, -0.25) is 4.79 Å². The van der Waals surface area contributed by atoms with E-state index in [0.29, 0.717) is 12.5 Å². The van der Waals surface area contributed by atoms with Crippen LogP contribution < -0.4 is 10.8 Å². The van der Waals surface area contributed by atoms with Crippen LogP contribution in [0.1, 0.15) is 65.3 Å². The zero-order chi connectivity index (χ0) is 19.1. The summed E-state index contributed by atoms with van der Waals surface area (Å²) in [6, 6.07) is -0.904. The molecule has 0 radical (unpaired) electrons. The molecule has 0 aromatic carbocycles. The van der Waals surface area contributed by atoms with E-state index in [1.807, 2.05) is 13.8 Å². The Morgan fingerprint density at radius 1 is 1.19 bits per heavy atom. The Morgan fingerprint density at radius 3 is 2.29 bits per heavy atom. The van der Waals surface area contributed by atoms with Gasteiger partial charge in [0, 0.05) is 10.7 Å². The van der Waals surface area contributed by atoms with Gasteiger partial charge in [-0.25, -0.2) is 4.79 Å². The molecule has 1 unspecified atom stereocenters. The summed E-state index contributed by atoms with van der Waals surface area (Å²) in [4.78, 5) is 29.1. The molecule has 0 aliphatic carbocycles. The van der Waals surface area contributed by atoms with Crippen molar-refractivity contribution in [3.05, 3.63) is 0 Å². The average Bonchev–Trinajstić information content (AvgIpc) is 2.39. The van der Waals surface area contributed by atoms with Gasteiger partial charge in [-0.1, -0.05) is 27.6 Å². The fraction of sp³-hybridized carbons (Fsp3) is 0.875. The summed E-state index contributed by atoms with van der Waals surface area (Å²) in [6.45, 7) is 9.04. The Hall–Kier alpha value is -1.10. The summed E-state index contributed by atoms with van der Waals surface area (Å²) < 4.78 is 22.3. The number of hydroxylamine groups is 1. The Kier molecular flexibility index (Phi) is 6.37. The van der Waals surface area contributed by atoms with Gasteiger partial charge in [-0.05, 0) is 45.4 Å². The number of hydrogen-bond acceptors (Lipinski definition) is 4. The standard InChI is InChI=1S/C16H32N2O3/c1-11(2)8-9-17-14(19)13(10-12(3)4)18-21-15(20)16(5,6)7/h11-13,18H,8-10H2,1-7H3,(H,17,19)/t13-/m0/s1/i3D3/t12?,13-. The molecule has 2 N–H and O–H groups in total. The lowest BCUT2D eigenvalue weighted by atomic mass is 9.98. The number of amides is 1. The van der Waals surface area contributed by atoms with E-state index >= 15 is 0 Å². The molecule has 1 amide bonds. The molecule has 0 fully saturated rings. The third-order valence-electron chi connectivity index (χ3n) is 2.83. The minimum Gasteiger partial charge on any atom is -0.369 e. The van der Waals surface area contributed by atoms with Crippen LogP contribution in [0.2, 0.25) is 0 Å². The summed E-state index contributed by atoms with van der Waals surface area (Å²) >= 11 is 0. The van der Waals surface area contributed by atoms with Gasteiger partial charge in [0.05, 0.1) is 5.41 Å². The summed E-state index contributed by atoms with van der Waals surface area (Å²) in [7, 11) is 0. The smallest absolute Gasteiger partial charge is 0.330 e. The summed E-state index contributed by atoms with van der Waals surface area (Å²) in [5, 5.41) is 2.76. The second-order valence-electron chi connectivity index (χ2n) is 6.92. The van der Waals surface area contributed by atoms with Crippen LogP contribution in [-0.4, -0.2) is 24.5 Å². The first-order chi connectivity index (χ1) is 10.7. The average molecular weight is 303 g/mol. The van der Waals surface area contributed by atoms with E-state index in [2.05, 4.69) is 10.8 Å². The topological polar surface area (TPSA) is 67.4 Å². The van der Waals surface area contributed by atoms with Gasteiger partial charge < -0.3 is 10.2 Å². The van der Waals surface area contributed by atoms with Gasteiger partial charge in [0.25, 0.3) is 0 Å². The molecule has 0 bridgehead atoms. The van der Waals surface area contributed by atoms with Crippen molar-refractivity contribution >= 4 is 11.9 Å². The first-order valence-corrected chi connectivity index (χ1v) is 7.49. The molecule has 0 saturated heterocycles. The fourth-order valence-corrected chi connectivity index (χ4v) is 1.45. The normalized spacial score (nSPS) is 17.4. The molecule has 21 heavy (non-hydrogen) atoms. The van der Waals surface area contributed by atoms with Crippen LogP contribution in [0.5, 0.6) is 0 Å². The van der Waals surface area contributed by atoms with Crippen molar-refractivity contribution in [1.29, 1.82) is 0 Å². The highest BCUT2D eigenvalue weighted by Gasteiger charge is 2.26.